The smallest absolute Gasteiger partial charge is 0.358 e. The predicted molar refractivity (Wildman–Crippen MR) is 95.7 cm³/mol. The van der Waals surface area contributed by atoms with E-state index < -0.39 is 28.6 Å². The van der Waals surface area contributed by atoms with E-state index in [-0.39, 0.29) is 35.8 Å². The number of nitrogens with zero attached hydrogens (tertiary/aromatic N) is 2. The van der Waals surface area contributed by atoms with E-state index in [1.54, 1.807) is 0 Å². The zero-order valence-electron chi connectivity index (χ0n) is 14.2. The van der Waals surface area contributed by atoms with Crippen LogP contribution >= 0.6 is 15.9 Å². The Hall–Kier alpha value is -2.95. The maximum absolute atomic E-state index is 12.4. The number of likely N-dealkylation sites (tertiary alicyclic amines) is 1. The number of aliphatic hydroxyl groups is 1. The molecule has 10 nitrogen and oxygen atoms in total. The van der Waals surface area contributed by atoms with Crippen LogP contribution in [0.5, 0.6) is 0 Å². The average Bonchev–Trinajstić information content (AvgIpc) is 2.64. The maximum atomic E-state index is 12.4. The van der Waals surface area contributed by atoms with Gasteiger partial charge in [-0.25, -0.2) is 4.79 Å². The van der Waals surface area contributed by atoms with Crippen LogP contribution < -0.4 is 5.32 Å². The summed E-state index contributed by atoms with van der Waals surface area (Å²) < 4.78 is 5.11. The standard InChI is InChI=1S/C16H16BrN3O7/c1-9(21)18-12-7-19(15(12)23)14(13(22)6-17)16(24)27-8-10-2-4-11(5-3-10)20(25)26/h2-5,12,22H,6-8H2,1H3,(H,18,21). The number of carbonyl (C=O) groups excluding carboxylic acids is 3. The van der Waals surface area contributed by atoms with Crippen LogP contribution in [-0.4, -0.2) is 50.6 Å². The van der Waals surface area contributed by atoms with E-state index in [2.05, 4.69) is 21.2 Å². The quantitative estimate of drug-likeness (QED) is 0.123. The van der Waals surface area contributed by atoms with Crippen LogP contribution in [0.2, 0.25) is 0 Å². The number of β-lactam (4-membered cyclic amide) rings is 1. The van der Waals surface area contributed by atoms with Crippen LogP contribution in [0.3, 0.4) is 0 Å². The Bertz CT molecular complexity index is 807. The predicted octanol–water partition coefficient (Wildman–Crippen LogP) is 1.15. The van der Waals surface area contributed by atoms with Crippen molar-refractivity contribution in [1.29, 1.82) is 0 Å². The number of esters is 1. The number of allylic oxidation sites excluding steroid dienone is 1. The summed E-state index contributed by atoms with van der Waals surface area (Å²) in [4.78, 5) is 46.6. The molecule has 0 aromatic heterocycles. The van der Waals surface area contributed by atoms with Gasteiger partial charge in [0.1, 0.15) is 18.4 Å². The SMILES string of the molecule is CC(=O)NC1CN(C(C(=O)OCc2ccc([N+](=O)[O-])cc2)=C(O)CBr)C1=O. The number of aliphatic hydroxyl groups excluding tert-OH is 1. The lowest BCUT2D eigenvalue weighted by molar-refractivity contribution is -0.384. The number of carbonyl (C=O) groups is 3. The molecule has 0 bridgehead atoms. The van der Waals surface area contributed by atoms with Crippen LogP contribution in [0.1, 0.15) is 12.5 Å². The summed E-state index contributed by atoms with van der Waals surface area (Å²) in [6.07, 6.45) is 0. The van der Waals surface area contributed by atoms with Gasteiger partial charge in [-0.15, -0.1) is 0 Å². The van der Waals surface area contributed by atoms with Crippen molar-refractivity contribution >= 4 is 39.4 Å². The third kappa shape index (κ3) is 4.82. The fraction of sp³-hybridized carbons (Fsp3) is 0.312. The Morgan fingerprint density at radius 1 is 1.41 bits per heavy atom. The lowest BCUT2D eigenvalue weighted by Gasteiger charge is -2.38. The molecule has 1 atom stereocenters. The van der Waals surface area contributed by atoms with Gasteiger partial charge < -0.3 is 15.2 Å². The molecule has 1 saturated heterocycles. The van der Waals surface area contributed by atoms with E-state index in [0.29, 0.717) is 5.56 Å². The first kappa shape index (κ1) is 20.4. The first-order chi connectivity index (χ1) is 12.7. The molecule has 2 N–H and O–H groups in total. The van der Waals surface area contributed by atoms with Crippen LogP contribution in [0.4, 0.5) is 5.69 Å². The number of nitrogens with one attached hydrogen (secondary N) is 1. The minimum Gasteiger partial charge on any atom is -0.509 e. The lowest BCUT2D eigenvalue weighted by Crippen LogP contribution is -2.63. The molecule has 0 aliphatic carbocycles. The Kier molecular flexibility index (Phi) is 6.50. The number of alkyl halides is 1. The fourth-order valence-corrected chi connectivity index (χ4v) is 2.62. The normalized spacial score (nSPS) is 16.9. The average molecular weight is 442 g/mol. The molecule has 1 aliphatic heterocycles. The first-order valence-corrected chi connectivity index (χ1v) is 8.83. The molecule has 1 heterocycles. The highest BCUT2D eigenvalue weighted by Crippen LogP contribution is 2.22. The molecule has 0 spiro atoms. The van der Waals surface area contributed by atoms with E-state index in [9.17, 15) is 29.6 Å². The van der Waals surface area contributed by atoms with Crippen LogP contribution in [0, 0.1) is 10.1 Å². The molecule has 1 aromatic carbocycles. The number of non-ortho nitro benzene ring substituents is 1. The van der Waals surface area contributed by atoms with E-state index in [1.807, 2.05) is 0 Å². The summed E-state index contributed by atoms with van der Waals surface area (Å²) in [5.41, 5.74) is 0.0795. The first-order valence-electron chi connectivity index (χ1n) is 7.71. The number of hydrogen-bond acceptors (Lipinski definition) is 7. The van der Waals surface area contributed by atoms with E-state index in [1.165, 1.54) is 31.2 Å². The van der Waals surface area contributed by atoms with E-state index in [0.717, 1.165) is 4.90 Å². The topological polar surface area (TPSA) is 139 Å². The Morgan fingerprint density at radius 3 is 2.52 bits per heavy atom. The van der Waals surface area contributed by atoms with Crippen molar-refractivity contribution in [2.75, 3.05) is 11.9 Å². The number of rotatable bonds is 7. The second kappa shape index (κ2) is 8.62. The number of nitro benzene ring substituents is 1. The molecule has 1 aromatic rings. The Balaban J connectivity index is 2.05. The molecule has 0 radical (unpaired) electrons. The van der Waals surface area contributed by atoms with Crippen molar-refractivity contribution in [3.05, 3.63) is 51.4 Å². The van der Waals surface area contributed by atoms with Crippen molar-refractivity contribution in [2.24, 2.45) is 0 Å². The minimum absolute atomic E-state index is 0.0252. The molecule has 1 unspecified atom stereocenters. The zero-order chi connectivity index (χ0) is 20.1. The summed E-state index contributed by atoms with van der Waals surface area (Å²) in [5.74, 6) is -2.25. The molecular formula is C16H16BrN3O7. The van der Waals surface area contributed by atoms with Crippen LogP contribution in [0.25, 0.3) is 0 Å². The number of halogens is 1. The molecule has 1 aliphatic rings. The van der Waals surface area contributed by atoms with Gasteiger partial charge in [0.15, 0.2) is 5.70 Å². The van der Waals surface area contributed by atoms with Gasteiger partial charge in [0.2, 0.25) is 5.91 Å². The van der Waals surface area contributed by atoms with Gasteiger partial charge in [0, 0.05) is 19.1 Å². The number of benzene rings is 1. The summed E-state index contributed by atoms with van der Waals surface area (Å²) in [5, 5.41) is 23.0. The number of hydrogen-bond donors (Lipinski definition) is 2. The van der Waals surface area contributed by atoms with Crippen molar-refractivity contribution in [2.45, 2.75) is 19.6 Å². The van der Waals surface area contributed by atoms with Gasteiger partial charge in [-0.1, -0.05) is 15.9 Å². The molecule has 2 rings (SSSR count). The Morgan fingerprint density at radius 2 is 2.04 bits per heavy atom. The van der Waals surface area contributed by atoms with Crippen molar-refractivity contribution < 1.29 is 29.2 Å². The monoisotopic (exact) mass is 441 g/mol. The fourth-order valence-electron chi connectivity index (χ4n) is 2.36. The number of nitro groups is 1. The zero-order valence-corrected chi connectivity index (χ0v) is 15.8. The number of amides is 2. The summed E-state index contributed by atoms with van der Waals surface area (Å²) in [6, 6.07) is 4.64. The second-order valence-electron chi connectivity index (χ2n) is 5.63. The minimum atomic E-state index is -0.931. The second-order valence-corrected chi connectivity index (χ2v) is 6.19. The number of ether oxygens (including phenoxy) is 1. The molecule has 1 fully saturated rings. The maximum Gasteiger partial charge on any atom is 0.358 e. The molecular weight excluding hydrogens is 426 g/mol. The third-order valence-corrected chi connectivity index (χ3v) is 4.22. The third-order valence-electron chi connectivity index (χ3n) is 3.69. The largest absolute Gasteiger partial charge is 0.509 e. The highest BCUT2D eigenvalue weighted by Gasteiger charge is 2.43. The van der Waals surface area contributed by atoms with Gasteiger partial charge >= 0.3 is 5.97 Å². The van der Waals surface area contributed by atoms with Crippen molar-refractivity contribution in [1.82, 2.24) is 10.2 Å². The van der Waals surface area contributed by atoms with Crippen molar-refractivity contribution in [3.8, 4) is 0 Å². The highest BCUT2D eigenvalue weighted by molar-refractivity contribution is 9.09. The van der Waals surface area contributed by atoms with E-state index in [4.69, 9.17) is 4.74 Å². The van der Waals surface area contributed by atoms with E-state index >= 15 is 0 Å². The Labute approximate surface area is 162 Å². The summed E-state index contributed by atoms with van der Waals surface area (Å²) >= 11 is 3.01. The van der Waals surface area contributed by atoms with Gasteiger partial charge in [0.25, 0.3) is 11.6 Å². The summed E-state index contributed by atoms with van der Waals surface area (Å²) in [7, 11) is 0. The van der Waals surface area contributed by atoms with Crippen LogP contribution in [-0.2, 0) is 25.7 Å². The van der Waals surface area contributed by atoms with Gasteiger partial charge in [0.05, 0.1) is 16.8 Å². The molecule has 144 valence electrons. The lowest BCUT2D eigenvalue weighted by atomic mass is 10.1. The van der Waals surface area contributed by atoms with Gasteiger partial charge in [-0.2, -0.15) is 0 Å². The van der Waals surface area contributed by atoms with Gasteiger partial charge in [-0.05, 0) is 17.7 Å². The van der Waals surface area contributed by atoms with Gasteiger partial charge in [-0.3, -0.25) is 24.6 Å². The molecule has 11 heteroatoms. The summed E-state index contributed by atoms with van der Waals surface area (Å²) in [6.45, 7) is 1.09. The molecule has 2 amide bonds. The molecule has 0 saturated carbocycles. The highest BCUT2D eigenvalue weighted by atomic mass is 79.9. The molecule has 27 heavy (non-hydrogen) atoms. The van der Waals surface area contributed by atoms with Crippen LogP contribution in [0.15, 0.2) is 35.7 Å². The van der Waals surface area contributed by atoms with Crippen molar-refractivity contribution in [3.63, 3.8) is 0 Å².